The first-order valence-electron chi connectivity index (χ1n) is 8.54. The molecule has 2 aromatic carbocycles. The topological polar surface area (TPSA) is 85.4 Å². The zero-order valence-corrected chi connectivity index (χ0v) is 15.9. The summed E-state index contributed by atoms with van der Waals surface area (Å²) in [5.41, 5.74) is 0.716. The van der Waals surface area contributed by atoms with Gasteiger partial charge in [0.05, 0.1) is 36.8 Å². The summed E-state index contributed by atoms with van der Waals surface area (Å²) in [6, 6.07) is 14.3. The summed E-state index contributed by atoms with van der Waals surface area (Å²) in [6.07, 6.45) is 2.90. The molecule has 0 aliphatic rings. The molecule has 3 rings (SSSR count). The lowest BCUT2D eigenvalue weighted by atomic mass is 10.3. The quantitative estimate of drug-likeness (QED) is 0.560. The van der Waals surface area contributed by atoms with E-state index in [9.17, 15) is 4.79 Å². The van der Waals surface area contributed by atoms with Crippen molar-refractivity contribution in [1.82, 2.24) is 9.97 Å². The zero-order valence-electron chi connectivity index (χ0n) is 15.2. The third-order valence-electron chi connectivity index (χ3n) is 3.74. The van der Waals surface area contributed by atoms with Gasteiger partial charge in [0.1, 0.15) is 29.6 Å². The van der Waals surface area contributed by atoms with E-state index in [1.54, 1.807) is 31.4 Å². The minimum atomic E-state index is -0.380. The van der Waals surface area contributed by atoms with Crippen molar-refractivity contribution in [1.29, 1.82) is 0 Å². The highest BCUT2D eigenvalue weighted by molar-refractivity contribution is 6.33. The molecule has 0 fully saturated rings. The summed E-state index contributed by atoms with van der Waals surface area (Å²) in [5, 5.41) is 6.25. The lowest BCUT2D eigenvalue weighted by Gasteiger charge is -2.09. The van der Waals surface area contributed by atoms with Crippen molar-refractivity contribution in [2.45, 2.75) is 0 Å². The van der Waals surface area contributed by atoms with Gasteiger partial charge in [-0.05, 0) is 36.4 Å². The van der Waals surface area contributed by atoms with Gasteiger partial charge in [-0.1, -0.05) is 23.7 Å². The number of anilines is 2. The van der Waals surface area contributed by atoms with E-state index < -0.39 is 0 Å². The Kier molecular flexibility index (Phi) is 6.64. The first-order chi connectivity index (χ1) is 13.7. The van der Waals surface area contributed by atoms with E-state index in [4.69, 9.17) is 21.1 Å². The fourth-order valence-electron chi connectivity index (χ4n) is 2.31. The van der Waals surface area contributed by atoms with Crippen molar-refractivity contribution in [3.8, 4) is 11.5 Å². The molecule has 1 amide bonds. The Balaban J connectivity index is 1.46. The minimum absolute atomic E-state index is 0.194. The van der Waals surface area contributed by atoms with Crippen molar-refractivity contribution in [2.75, 3.05) is 30.9 Å². The predicted octanol–water partition coefficient (Wildman–Crippen LogP) is 3.88. The van der Waals surface area contributed by atoms with Crippen LogP contribution < -0.4 is 20.1 Å². The average Bonchev–Trinajstić information content (AvgIpc) is 2.73. The second-order valence-corrected chi connectivity index (χ2v) is 6.08. The SMILES string of the molecule is COc1ccc(OCCNc2cnc(C(=O)Nc3ccccc3Cl)cn2)cc1. The third-order valence-corrected chi connectivity index (χ3v) is 4.07. The summed E-state index contributed by atoms with van der Waals surface area (Å²) < 4.78 is 10.7. The van der Waals surface area contributed by atoms with Crippen LogP contribution in [0, 0.1) is 0 Å². The van der Waals surface area contributed by atoms with Crippen molar-refractivity contribution in [2.24, 2.45) is 0 Å². The van der Waals surface area contributed by atoms with E-state index in [2.05, 4.69) is 20.6 Å². The van der Waals surface area contributed by atoms with Crippen LogP contribution in [-0.2, 0) is 0 Å². The van der Waals surface area contributed by atoms with Gasteiger partial charge in [0.2, 0.25) is 0 Å². The number of ether oxygens (including phenoxy) is 2. The maximum atomic E-state index is 12.2. The molecule has 0 aliphatic heterocycles. The second-order valence-electron chi connectivity index (χ2n) is 5.67. The summed E-state index contributed by atoms with van der Waals surface area (Å²) in [4.78, 5) is 20.5. The van der Waals surface area contributed by atoms with E-state index in [1.165, 1.54) is 12.4 Å². The predicted molar refractivity (Wildman–Crippen MR) is 108 cm³/mol. The fourth-order valence-corrected chi connectivity index (χ4v) is 2.49. The van der Waals surface area contributed by atoms with E-state index in [0.29, 0.717) is 29.7 Å². The van der Waals surface area contributed by atoms with Crippen LogP contribution in [0.2, 0.25) is 5.02 Å². The molecule has 1 aromatic heterocycles. The number of nitrogens with zero attached hydrogens (tertiary/aromatic N) is 2. The molecule has 0 saturated heterocycles. The molecule has 144 valence electrons. The number of carbonyl (C=O) groups excluding carboxylic acids is 1. The average molecular weight is 399 g/mol. The highest BCUT2D eigenvalue weighted by atomic mass is 35.5. The minimum Gasteiger partial charge on any atom is -0.497 e. The van der Waals surface area contributed by atoms with E-state index in [-0.39, 0.29) is 11.6 Å². The van der Waals surface area contributed by atoms with Gasteiger partial charge in [0.15, 0.2) is 0 Å². The number of halogens is 1. The number of nitrogens with one attached hydrogen (secondary N) is 2. The molecular formula is C20H19ClN4O3. The maximum Gasteiger partial charge on any atom is 0.275 e. The Labute approximate surface area is 167 Å². The van der Waals surface area contributed by atoms with Gasteiger partial charge in [0.25, 0.3) is 5.91 Å². The van der Waals surface area contributed by atoms with Gasteiger partial charge in [-0.15, -0.1) is 0 Å². The monoisotopic (exact) mass is 398 g/mol. The number of amides is 1. The number of hydrogen-bond donors (Lipinski definition) is 2. The number of para-hydroxylation sites is 1. The molecule has 7 nitrogen and oxygen atoms in total. The molecule has 28 heavy (non-hydrogen) atoms. The number of hydrogen-bond acceptors (Lipinski definition) is 6. The van der Waals surface area contributed by atoms with Crippen LogP contribution >= 0.6 is 11.6 Å². The highest BCUT2D eigenvalue weighted by Gasteiger charge is 2.10. The normalized spacial score (nSPS) is 10.2. The van der Waals surface area contributed by atoms with Gasteiger partial charge in [-0.25, -0.2) is 9.97 Å². The Bertz CT molecular complexity index is 917. The van der Waals surface area contributed by atoms with E-state index in [0.717, 1.165) is 11.5 Å². The zero-order chi connectivity index (χ0) is 19.8. The first kappa shape index (κ1) is 19.4. The van der Waals surface area contributed by atoms with Crippen LogP contribution in [0.3, 0.4) is 0 Å². The second kappa shape index (κ2) is 9.57. The Morgan fingerprint density at radius 2 is 1.79 bits per heavy atom. The van der Waals surface area contributed by atoms with E-state index in [1.807, 2.05) is 24.3 Å². The van der Waals surface area contributed by atoms with Crippen molar-refractivity contribution in [3.05, 3.63) is 71.6 Å². The summed E-state index contributed by atoms with van der Waals surface area (Å²) in [5.74, 6) is 1.70. The van der Waals surface area contributed by atoms with Gasteiger partial charge in [0, 0.05) is 0 Å². The van der Waals surface area contributed by atoms with E-state index >= 15 is 0 Å². The molecule has 2 N–H and O–H groups in total. The summed E-state index contributed by atoms with van der Waals surface area (Å²) >= 11 is 6.03. The van der Waals surface area contributed by atoms with Crippen LogP contribution in [0.5, 0.6) is 11.5 Å². The molecule has 0 aliphatic carbocycles. The van der Waals surface area contributed by atoms with Crippen LogP contribution in [0.25, 0.3) is 0 Å². The molecular weight excluding hydrogens is 380 g/mol. The molecule has 0 radical (unpaired) electrons. The molecule has 0 unspecified atom stereocenters. The van der Waals surface area contributed by atoms with Gasteiger partial charge < -0.3 is 20.1 Å². The summed E-state index contributed by atoms with van der Waals surface area (Å²) in [7, 11) is 1.62. The maximum absolute atomic E-state index is 12.2. The molecule has 8 heteroatoms. The van der Waals surface area contributed by atoms with Crippen LogP contribution in [0.4, 0.5) is 11.5 Å². The molecule has 1 heterocycles. The number of methoxy groups -OCH3 is 1. The Hall–Kier alpha value is -3.32. The van der Waals surface area contributed by atoms with Crippen LogP contribution in [0.1, 0.15) is 10.5 Å². The Morgan fingerprint density at radius 3 is 2.46 bits per heavy atom. The smallest absolute Gasteiger partial charge is 0.275 e. The molecule has 0 atom stereocenters. The molecule has 0 saturated carbocycles. The first-order valence-corrected chi connectivity index (χ1v) is 8.92. The molecule has 0 spiro atoms. The molecule has 3 aromatic rings. The third kappa shape index (κ3) is 5.34. The summed E-state index contributed by atoms with van der Waals surface area (Å²) in [6.45, 7) is 0.981. The van der Waals surface area contributed by atoms with Crippen LogP contribution in [0.15, 0.2) is 60.9 Å². The molecule has 0 bridgehead atoms. The van der Waals surface area contributed by atoms with Crippen molar-refractivity contribution in [3.63, 3.8) is 0 Å². The fraction of sp³-hybridized carbons (Fsp3) is 0.150. The van der Waals surface area contributed by atoms with Crippen molar-refractivity contribution < 1.29 is 14.3 Å². The number of rotatable bonds is 8. The Morgan fingerprint density at radius 1 is 1.04 bits per heavy atom. The number of aromatic nitrogens is 2. The van der Waals surface area contributed by atoms with Crippen LogP contribution in [-0.4, -0.2) is 36.1 Å². The standard InChI is InChI=1S/C20H19ClN4O3/c1-27-14-6-8-15(9-7-14)28-11-10-22-19-13-23-18(12-24-19)20(26)25-17-5-3-2-4-16(17)21/h2-9,12-13H,10-11H2,1H3,(H,22,24)(H,25,26). The highest BCUT2D eigenvalue weighted by Crippen LogP contribution is 2.21. The lowest BCUT2D eigenvalue weighted by Crippen LogP contribution is -2.16. The van der Waals surface area contributed by atoms with Gasteiger partial charge in [-0.3, -0.25) is 4.79 Å². The largest absolute Gasteiger partial charge is 0.497 e. The number of benzene rings is 2. The lowest BCUT2D eigenvalue weighted by molar-refractivity contribution is 0.102. The number of carbonyl (C=O) groups is 1. The van der Waals surface area contributed by atoms with Gasteiger partial charge in [-0.2, -0.15) is 0 Å². The van der Waals surface area contributed by atoms with Crippen molar-refractivity contribution >= 4 is 29.0 Å². The van der Waals surface area contributed by atoms with Gasteiger partial charge >= 0.3 is 0 Å².